The molecule has 0 radical (unpaired) electrons. The number of nitrogens with zero attached hydrogens (tertiary/aromatic N) is 1. The van der Waals surface area contributed by atoms with E-state index in [9.17, 15) is 26.4 Å². The molecule has 32 heavy (non-hydrogen) atoms. The van der Waals surface area contributed by atoms with Gasteiger partial charge < -0.3 is 0 Å². The lowest BCUT2D eigenvalue weighted by Gasteiger charge is -2.20. The Labute approximate surface area is 184 Å². The van der Waals surface area contributed by atoms with Gasteiger partial charge in [0.05, 0.1) is 16.1 Å². The first-order valence-corrected chi connectivity index (χ1v) is 11.4. The number of aldehydes is 1. The fourth-order valence-electron chi connectivity index (χ4n) is 4.12. The predicted octanol–water partition coefficient (Wildman–Crippen LogP) is 5.36. The van der Waals surface area contributed by atoms with E-state index >= 15 is 0 Å². The lowest BCUT2D eigenvalue weighted by Crippen LogP contribution is -2.30. The molecule has 1 aliphatic heterocycles. The Bertz CT molecular complexity index is 1270. The van der Waals surface area contributed by atoms with Crippen LogP contribution in [0.2, 0.25) is 0 Å². The summed E-state index contributed by atoms with van der Waals surface area (Å²) in [5.74, 6) is -0.463. The van der Waals surface area contributed by atoms with E-state index in [0.717, 1.165) is 17.7 Å². The summed E-state index contributed by atoms with van der Waals surface area (Å²) < 4.78 is 67.4. The zero-order chi connectivity index (χ0) is 23.1. The standard InChI is InChI=1S/C24H20F3NO3S/c1-16-8-10-21(11-9-16)32(30,31)28-14-19(23-18(15-29)5-3-7-22(23)28)12-17-4-2-6-20(13-17)24(25,26)27/h2-11,13,15,19H,12,14H2,1H3/t19-/m0/s1. The summed E-state index contributed by atoms with van der Waals surface area (Å²) >= 11 is 0. The zero-order valence-electron chi connectivity index (χ0n) is 17.1. The van der Waals surface area contributed by atoms with Crippen molar-refractivity contribution in [2.24, 2.45) is 0 Å². The van der Waals surface area contributed by atoms with Crippen molar-refractivity contribution in [1.29, 1.82) is 0 Å². The molecule has 1 aliphatic rings. The van der Waals surface area contributed by atoms with Gasteiger partial charge in [-0.25, -0.2) is 8.42 Å². The quantitative estimate of drug-likeness (QED) is 0.483. The van der Waals surface area contributed by atoms with Crippen molar-refractivity contribution >= 4 is 22.0 Å². The number of alkyl halides is 3. The molecule has 1 heterocycles. The van der Waals surface area contributed by atoms with Gasteiger partial charge in [0, 0.05) is 18.0 Å². The summed E-state index contributed by atoms with van der Waals surface area (Å²) in [6.45, 7) is 1.88. The Morgan fingerprint density at radius 2 is 1.72 bits per heavy atom. The summed E-state index contributed by atoms with van der Waals surface area (Å²) in [6, 6.07) is 16.2. The molecular weight excluding hydrogens is 439 g/mol. The van der Waals surface area contributed by atoms with Crippen molar-refractivity contribution in [2.75, 3.05) is 10.8 Å². The van der Waals surface area contributed by atoms with Gasteiger partial charge in [-0.3, -0.25) is 9.10 Å². The van der Waals surface area contributed by atoms with Crippen molar-refractivity contribution in [3.63, 3.8) is 0 Å². The van der Waals surface area contributed by atoms with Gasteiger partial charge >= 0.3 is 6.18 Å². The molecule has 4 nitrogen and oxygen atoms in total. The lowest BCUT2D eigenvalue weighted by atomic mass is 9.90. The van der Waals surface area contributed by atoms with E-state index in [1.54, 1.807) is 36.4 Å². The summed E-state index contributed by atoms with van der Waals surface area (Å²) in [7, 11) is -3.91. The molecule has 8 heteroatoms. The van der Waals surface area contributed by atoms with Crippen LogP contribution in [0.3, 0.4) is 0 Å². The van der Waals surface area contributed by atoms with Crippen LogP contribution in [-0.2, 0) is 22.6 Å². The van der Waals surface area contributed by atoms with Gasteiger partial charge in [0.15, 0.2) is 0 Å². The number of sulfonamides is 1. The number of hydrogen-bond donors (Lipinski definition) is 0. The Hall–Kier alpha value is -3.13. The summed E-state index contributed by atoms with van der Waals surface area (Å²) in [5.41, 5.74) is 1.83. The third-order valence-electron chi connectivity index (χ3n) is 5.65. The Morgan fingerprint density at radius 3 is 2.38 bits per heavy atom. The van der Waals surface area contributed by atoms with Crippen molar-refractivity contribution in [2.45, 2.75) is 30.3 Å². The Kier molecular flexibility index (Phi) is 5.58. The Morgan fingerprint density at radius 1 is 1.03 bits per heavy atom. The summed E-state index contributed by atoms with van der Waals surface area (Å²) in [4.78, 5) is 11.8. The maximum absolute atomic E-state index is 13.4. The third kappa shape index (κ3) is 4.02. The highest BCUT2D eigenvalue weighted by Gasteiger charge is 2.38. The lowest BCUT2D eigenvalue weighted by molar-refractivity contribution is -0.137. The number of fused-ring (bicyclic) bond motifs is 1. The molecule has 166 valence electrons. The average molecular weight is 459 g/mol. The first-order chi connectivity index (χ1) is 15.1. The predicted molar refractivity (Wildman–Crippen MR) is 115 cm³/mol. The number of halogens is 3. The first-order valence-electron chi connectivity index (χ1n) is 9.95. The van der Waals surface area contributed by atoms with Crippen LogP contribution in [0.5, 0.6) is 0 Å². The van der Waals surface area contributed by atoms with E-state index in [-0.39, 0.29) is 17.9 Å². The normalized spacial score (nSPS) is 16.1. The first kappa shape index (κ1) is 22.1. The van der Waals surface area contributed by atoms with Gasteiger partial charge in [-0.1, -0.05) is 48.0 Å². The molecule has 4 rings (SSSR count). The molecule has 0 saturated carbocycles. The van der Waals surface area contributed by atoms with Gasteiger partial charge in [-0.2, -0.15) is 13.2 Å². The van der Waals surface area contributed by atoms with Crippen molar-refractivity contribution in [1.82, 2.24) is 0 Å². The van der Waals surface area contributed by atoms with Crippen LogP contribution in [0, 0.1) is 6.92 Å². The molecule has 0 amide bonds. The second-order valence-electron chi connectivity index (χ2n) is 7.85. The number of aryl methyl sites for hydroxylation is 1. The minimum absolute atomic E-state index is 0.0344. The number of hydrogen-bond acceptors (Lipinski definition) is 3. The second-order valence-corrected chi connectivity index (χ2v) is 9.71. The number of benzene rings is 3. The molecule has 0 fully saturated rings. The third-order valence-corrected chi connectivity index (χ3v) is 7.45. The number of carbonyl (C=O) groups is 1. The van der Waals surface area contributed by atoms with E-state index in [4.69, 9.17) is 0 Å². The van der Waals surface area contributed by atoms with Gasteiger partial charge in [0.25, 0.3) is 10.0 Å². The average Bonchev–Trinajstić information content (AvgIpc) is 3.13. The highest BCUT2D eigenvalue weighted by molar-refractivity contribution is 7.92. The minimum atomic E-state index is -4.47. The van der Waals surface area contributed by atoms with Gasteiger partial charge in [-0.15, -0.1) is 0 Å². The maximum atomic E-state index is 13.4. The number of rotatable bonds is 5. The number of carbonyl (C=O) groups excluding carboxylic acids is 1. The van der Waals surface area contributed by atoms with E-state index in [1.807, 2.05) is 6.92 Å². The summed E-state index contributed by atoms with van der Waals surface area (Å²) in [5, 5.41) is 0. The molecule has 0 aliphatic carbocycles. The molecule has 0 bridgehead atoms. The smallest absolute Gasteiger partial charge is 0.298 e. The minimum Gasteiger partial charge on any atom is -0.298 e. The molecule has 0 saturated heterocycles. The van der Waals surface area contributed by atoms with Crippen LogP contribution >= 0.6 is 0 Å². The zero-order valence-corrected chi connectivity index (χ0v) is 18.0. The molecule has 0 spiro atoms. The van der Waals surface area contributed by atoms with E-state index in [2.05, 4.69) is 0 Å². The van der Waals surface area contributed by atoms with Gasteiger partial charge in [-0.05, 0) is 48.7 Å². The van der Waals surface area contributed by atoms with Crippen molar-refractivity contribution < 1.29 is 26.4 Å². The van der Waals surface area contributed by atoms with Crippen LogP contribution < -0.4 is 4.31 Å². The van der Waals surface area contributed by atoms with Gasteiger partial charge in [0.2, 0.25) is 0 Å². The molecule has 0 unspecified atom stereocenters. The van der Waals surface area contributed by atoms with Crippen LogP contribution in [0.25, 0.3) is 0 Å². The molecule has 0 aromatic heterocycles. The molecule has 3 aromatic carbocycles. The highest BCUT2D eigenvalue weighted by atomic mass is 32.2. The highest BCUT2D eigenvalue weighted by Crippen LogP contribution is 2.43. The number of anilines is 1. The van der Waals surface area contributed by atoms with E-state index in [0.29, 0.717) is 28.7 Å². The van der Waals surface area contributed by atoms with Crippen LogP contribution in [0.15, 0.2) is 71.6 Å². The molecule has 0 N–H and O–H groups in total. The maximum Gasteiger partial charge on any atom is 0.416 e. The van der Waals surface area contributed by atoms with Crippen molar-refractivity contribution in [3.8, 4) is 0 Å². The fourth-order valence-corrected chi connectivity index (χ4v) is 5.64. The molecular formula is C24H20F3NO3S. The van der Waals surface area contributed by atoms with E-state index in [1.165, 1.54) is 22.5 Å². The Balaban J connectivity index is 1.75. The molecule has 3 aromatic rings. The monoisotopic (exact) mass is 459 g/mol. The molecule has 1 atom stereocenters. The van der Waals surface area contributed by atoms with Gasteiger partial charge in [0.1, 0.15) is 6.29 Å². The summed E-state index contributed by atoms with van der Waals surface area (Å²) in [6.07, 6.45) is -3.65. The van der Waals surface area contributed by atoms with Crippen LogP contribution in [0.4, 0.5) is 18.9 Å². The van der Waals surface area contributed by atoms with Crippen LogP contribution in [-0.4, -0.2) is 21.2 Å². The van der Waals surface area contributed by atoms with Crippen molar-refractivity contribution in [3.05, 3.63) is 94.5 Å². The largest absolute Gasteiger partial charge is 0.416 e. The fraction of sp³-hybridized carbons (Fsp3) is 0.208. The SMILES string of the molecule is Cc1ccc(S(=O)(=O)N2C[C@H](Cc3cccc(C(F)(F)F)c3)c3c(C=O)cccc32)cc1. The second kappa shape index (κ2) is 8.09. The van der Waals surface area contributed by atoms with Crippen LogP contribution in [0.1, 0.15) is 38.5 Å². The van der Waals surface area contributed by atoms with E-state index < -0.39 is 27.7 Å². The topological polar surface area (TPSA) is 54.5 Å².